The molecule has 0 aliphatic carbocycles. The Labute approximate surface area is 172 Å². The average molecular weight is 428 g/mol. The third-order valence-corrected chi connectivity index (χ3v) is 5.37. The van der Waals surface area contributed by atoms with Gasteiger partial charge in [0.1, 0.15) is 22.9 Å². The van der Waals surface area contributed by atoms with Crippen molar-refractivity contribution in [1.29, 1.82) is 0 Å². The van der Waals surface area contributed by atoms with Gasteiger partial charge in [0.15, 0.2) is 5.01 Å². The molecule has 0 fully saturated rings. The molecular weight excluding hydrogens is 414 g/mol. The molecule has 0 bridgehead atoms. The van der Waals surface area contributed by atoms with Crippen LogP contribution in [-0.2, 0) is 6.54 Å². The number of carbonyl (C=O) groups is 1. The Hall–Kier alpha value is -3.66. The van der Waals surface area contributed by atoms with Crippen LogP contribution in [0.4, 0.5) is 13.9 Å². The number of benzene rings is 2. The molecule has 0 aliphatic rings. The lowest BCUT2D eigenvalue weighted by molar-refractivity contribution is 0.102. The van der Waals surface area contributed by atoms with Gasteiger partial charge in [0.05, 0.1) is 5.52 Å². The fraction of sp³-hybridized carbons (Fsp3) is 0.100. The molecule has 4 aromatic rings. The third-order valence-electron chi connectivity index (χ3n) is 4.50. The summed E-state index contributed by atoms with van der Waals surface area (Å²) < 4.78 is 28.4. The molecule has 152 valence electrons. The number of pyridine rings is 1. The quantitative estimate of drug-likeness (QED) is 0.516. The van der Waals surface area contributed by atoms with Crippen LogP contribution in [0.3, 0.4) is 0 Å². The molecule has 0 radical (unpaired) electrons. The summed E-state index contributed by atoms with van der Waals surface area (Å²) in [5.74, 6) is -2.85. The van der Waals surface area contributed by atoms with Gasteiger partial charge < -0.3 is 9.67 Å². The number of hydrogen-bond acceptors (Lipinski definition) is 6. The first-order valence-electron chi connectivity index (χ1n) is 8.85. The first-order valence-corrected chi connectivity index (χ1v) is 9.67. The fourth-order valence-corrected chi connectivity index (χ4v) is 3.88. The lowest BCUT2D eigenvalue weighted by atomic mass is 10.1. The molecule has 4 rings (SSSR count). The Morgan fingerprint density at radius 1 is 1.20 bits per heavy atom. The van der Waals surface area contributed by atoms with E-state index in [0.29, 0.717) is 17.4 Å². The number of rotatable bonds is 4. The zero-order chi connectivity index (χ0) is 21.4. The number of aromatic nitrogens is 3. The Balaban J connectivity index is 1.71. The number of fused-ring (bicyclic) bond motifs is 1. The molecule has 0 spiro atoms. The van der Waals surface area contributed by atoms with Crippen molar-refractivity contribution in [1.82, 2.24) is 14.8 Å². The number of carbonyl (C=O) groups excluding carboxylic acids is 1. The van der Waals surface area contributed by atoms with Crippen molar-refractivity contribution < 1.29 is 18.7 Å². The highest BCUT2D eigenvalue weighted by atomic mass is 32.1. The lowest BCUT2D eigenvalue weighted by Gasteiger charge is -2.12. The highest BCUT2D eigenvalue weighted by Gasteiger charge is 2.23. The molecule has 2 aromatic heterocycles. The molecule has 0 aliphatic heterocycles. The van der Waals surface area contributed by atoms with Crippen molar-refractivity contribution in [2.45, 2.75) is 13.5 Å². The minimum atomic E-state index is -0.868. The third kappa shape index (κ3) is 3.30. The van der Waals surface area contributed by atoms with Crippen LogP contribution < -0.4 is 10.9 Å². The largest absolute Gasteiger partial charge is 0.506 e. The second-order valence-electron chi connectivity index (χ2n) is 6.28. The standard InChI is InChI=1S/C20H14F2N4O3S/c1-2-26-14-6-4-3-5-12(14)16(27)15(19(26)29)17(28)23-20-25-24-18(30-20)11-8-7-10(21)9-13(11)22/h3-9,27H,2H2,1H3,(H,23,25,28). The maximum absolute atomic E-state index is 13.9. The van der Waals surface area contributed by atoms with Crippen LogP contribution in [0.5, 0.6) is 5.75 Å². The zero-order valence-corrected chi connectivity index (χ0v) is 16.3. The van der Waals surface area contributed by atoms with Crippen LogP contribution in [-0.4, -0.2) is 25.8 Å². The van der Waals surface area contributed by atoms with Gasteiger partial charge >= 0.3 is 0 Å². The maximum atomic E-state index is 13.9. The van der Waals surface area contributed by atoms with Crippen molar-refractivity contribution in [3.8, 4) is 16.3 Å². The highest BCUT2D eigenvalue weighted by molar-refractivity contribution is 7.18. The zero-order valence-electron chi connectivity index (χ0n) is 15.5. The molecule has 10 heteroatoms. The molecule has 1 amide bonds. The highest BCUT2D eigenvalue weighted by Crippen LogP contribution is 2.30. The van der Waals surface area contributed by atoms with E-state index < -0.39 is 34.4 Å². The second-order valence-corrected chi connectivity index (χ2v) is 7.26. The number of aryl methyl sites for hydroxylation is 1. The predicted octanol–water partition coefficient (Wildman–Crippen LogP) is 3.78. The molecule has 2 heterocycles. The topological polar surface area (TPSA) is 97.1 Å². The summed E-state index contributed by atoms with van der Waals surface area (Å²) in [4.78, 5) is 25.5. The lowest BCUT2D eigenvalue weighted by Crippen LogP contribution is -2.29. The number of nitrogens with zero attached hydrogens (tertiary/aromatic N) is 3. The number of hydrogen-bond donors (Lipinski definition) is 2. The van der Waals surface area contributed by atoms with Gasteiger partial charge in [0.25, 0.3) is 11.5 Å². The van der Waals surface area contributed by atoms with Crippen LogP contribution in [0, 0.1) is 11.6 Å². The maximum Gasteiger partial charge on any atom is 0.267 e. The minimum absolute atomic E-state index is 0.00580. The number of nitrogens with one attached hydrogen (secondary N) is 1. The second kappa shape index (κ2) is 7.64. The first kappa shape index (κ1) is 19.6. The van der Waals surface area contributed by atoms with Crippen LogP contribution in [0.15, 0.2) is 47.3 Å². The van der Waals surface area contributed by atoms with Crippen LogP contribution >= 0.6 is 11.3 Å². The van der Waals surface area contributed by atoms with Crippen molar-refractivity contribution in [2.24, 2.45) is 0 Å². The van der Waals surface area contributed by atoms with Gasteiger partial charge in [-0.25, -0.2) is 8.78 Å². The van der Waals surface area contributed by atoms with Gasteiger partial charge in [0, 0.05) is 23.6 Å². The van der Waals surface area contributed by atoms with E-state index in [1.165, 1.54) is 10.6 Å². The average Bonchev–Trinajstić information content (AvgIpc) is 3.16. The molecule has 0 unspecified atom stereocenters. The normalized spacial score (nSPS) is 11.0. The smallest absolute Gasteiger partial charge is 0.267 e. The SMILES string of the molecule is CCn1c(=O)c(C(=O)Nc2nnc(-c3ccc(F)cc3F)s2)c(O)c2ccccc21. The summed E-state index contributed by atoms with van der Waals surface area (Å²) in [6, 6.07) is 9.70. The Kier molecular flexibility index (Phi) is 5.00. The molecule has 2 aromatic carbocycles. The van der Waals surface area contributed by atoms with Crippen molar-refractivity contribution >= 4 is 33.3 Å². The number of halogens is 2. The van der Waals surface area contributed by atoms with Gasteiger partial charge in [-0.3, -0.25) is 14.9 Å². The summed E-state index contributed by atoms with van der Waals surface area (Å²) in [7, 11) is 0. The van der Waals surface area contributed by atoms with E-state index in [4.69, 9.17) is 0 Å². The molecule has 2 N–H and O–H groups in total. The number of anilines is 1. The van der Waals surface area contributed by atoms with E-state index in [-0.39, 0.29) is 15.7 Å². The fourth-order valence-electron chi connectivity index (χ4n) is 3.11. The molecule has 7 nitrogen and oxygen atoms in total. The van der Waals surface area contributed by atoms with Crippen molar-refractivity contribution in [3.63, 3.8) is 0 Å². The molecular formula is C20H14F2N4O3S. The van der Waals surface area contributed by atoms with E-state index in [0.717, 1.165) is 23.5 Å². The number of para-hydroxylation sites is 1. The van der Waals surface area contributed by atoms with Gasteiger partial charge in [-0.1, -0.05) is 23.5 Å². The van der Waals surface area contributed by atoms with Gasteiger partial charge in [-0.2, -0.15) is 0 Å². The summed E-state index contributed by atoms with van der Waals surface area (Å²) in [6.07, 6.45) is 0. The first-order chi connectivity index (χ1) is 14.4. The van der Waals surface area contributed by atoms with Crippen molar-refractivity contribution in [2.75, 3.05) is 5.32 Å². The van der Waals surface area contributed by atoms with Crippen LogP contribution in [0.2, 0.25) is 0 Å². The van der Waals surface area contributed by atoms with Crippen LogP contribution in [0.1, 0.15) is 17.3 Å². The van der Waals surface area contributed by atoms with E-state index in [9.17, 15) is 23.5 Å². The molecule has 0 saturated carbocycles. The minimum Gasteiger partial charge on any atom is -0.506 e. The van der Waals surface area contributed by atoms with Gasteiger partial charge in [-0.15, -0.1) is 10.2 Å². The van der Waals surface area contributed by atoms with Crippen LogP contribution in [0.25, 0.3) is 21.5 Å². The Morgan fingerprint density at radius 2 is 1.97 bits per heavy atom. The van der Waals surface area contributed by atoms with Gasteiger partial charge in [0.2, 0.25) is 5.13 Å². The Morgan fingerprint density at radius 3 is 2.70 bits per heavy atom. The van der Waals surface area contributed by atoms with Crippen molar-refractivity contribution in [3.05, 3.63) is 70.0 Å². The predicted molar refractivity (Wildman–Crippen MR) is 109 cm³/mol. The summed E-state index contributed by atoms with van der Waals surface area (Å²) >= 11 is 0.847. The molecule has 0 atom stereocenters. The summed E-state index contributed by atoms with van der Waals surface area (Å²) in [6.45, 7) is 2.05. The van der Waals surface area contributed by atoms with E-state index in [1.807, 2.05) is 0 Å². The number of aromatic hydroxyl groups is 1. The summed E-state index contributed by atoms with van der Waals surface area (Å²) in [5, 5.41) is 21.0. The number of amides is 1. The van der Waals surface area contributed by atoms with E-state index >= 15 is 0 Å². The van der Waals surface area contributed by atoms with E-state index in [2.05, 4.69) is 15.5 Å². The Bertz CT molecular complexity index is 1350. The molecule has 30 heavy (non-hydrogen) atoms. The summed E-state index contributed by atoms with van der Waals surface area (Å²) in [5.41, 5.74) is -0.555. The monoisotopic (exact) mass is 428 g/mol. The molecule has 0 saturated heterocycles. The van der Waals surface area contributed by atoms with Gasteiger partial charge in [-0.05, 0) is 31.2 Å². The van der Waals surface area contributed by atoms with E-state index in [1.54, 1.807) is 31.2 Å².